The summed E-state index contributed by atoms with van der Waals surface area (Å²) >= 11 is 0. The van der Waals surface area contributed by atoms with Gasteiger partial charge in [0.2, 0.25) is 0 Å². The van der Waals surface area contributed by atoms with E-state index in [1.807, 2.05) is 0 Å². The molecule has 1 aromatic rings. The SMILES string of the molecule is Cc1cccc(CNCC(C)N(C)C)c1. The van der Waals surface area contributed by atoms with Gasteiger partial charge in [-0.15, -0.1) is 0 Å². The number of hydrogen-bond acceptors (Lipinski definition) is 2. The minimum absolute atomic E-state index is 0.579. The van der Waals surface area contributed by atoms with Crippen LogP contribution in [0.3, 0.4) is 0 Å². The summed E-state index contributed by atoms with van der Waals surface area (Å²) in [5.74, 6) is 0. The fourth-order valence-electron chi connectivity index (χ4n) is 1.43. The van der Waals surface area contributed by atoms with Gasteiger partial charge in [-0.25, -0.2) is 0 Å². The van der Waals surface area contributed by atoms with Gasteiger partial charge in [0, 0.05) is 19.1 Å². The first-order valence-corrected chi connectivity index (χ1v) is 5.52. The molecule has 0 spiro atoms. The molecule has 0 saturated heterocycles. The summed E-state index contributed by atoms with van der Waals surface area (Å²) in [6.07, 6.45) is 0. The molecule has 2 nitrogen and oxygen atoms in total. The van der Waals surface area contributed by atoms with Gasteiger partial charge in [-0.2, -0.15) is 0 Å². The second kappa shape index (κ2) is 5.89. The van der Waals surface area contributed by atoms with Gasteiger partial charge in [-0.1, -0.05) is 29.8 Å². The molecule has 0 amide bonds. The van der Waals surface area contributed by atoms with Crippen LogP contribution in [0.4, 0.5) is 0 Å². The van der Waals surface area contributed by atoms with Crippen molar-refractivity contribution in [3.05, 3.63) is 35.4 Å². The van der Waals surface area contributed by atoms with Crippen LogP contribution in [0.15, 0.2) is 24.3 Å². The summed E-state index contributed by atoms with van der Waals surface area (Å²) in [4.78, 5) is 2.23. The van der Waals surface area contributed by atoms with Gasteiger partial charge in [0.15, 0.2) is 0 Å². The molecule has 0 fully saturated rings. The zero-order chi connectivity index (χ0) is 11.3. The lowest BCUT2D eigenvalue weighted by atomic mass is 10.1. The van der Waals surface area contributed by atoms with Crippen LogP contribution in [0.25, 0.3) is 0 Å². The monoisotopic (exact) mass is 206 g/mol. The molecule has 0 aliphatic carbocycles. The Morgan fingerprint density at radius 3 is 2.67 bits per heavy atom. The zero-order valence-corrected chi connectivity index (χ0v) is 10.2. The predicted molar refractivity (Wildman–Crippen MR) is 66.0 cm³/mol. The Labute approximate surface area is 93.3 Å². The van der Waals surface area contributed by atoms with Gasteiger partial charge in [0.05, 0.1) is 0 Å². The lowest BCUT2D eigenvalue weighted by molar-refractivity contribution is 0.302. The van der Waals surface area contributed by atoms with Crippen molar-refractivity contribution < 1.29 is 0 Å². The third-order valence-electron chi connectivity index (χ3n) is 2.73. The molecule has 0 saturated carbocycles. The number of hydrogen-bond donors (Lipinski definition) is 1. The smallest absolute Gasteiger partial charge is 0.0206 e. The Hall–Kier alpha value is -0.860. The van der Waals surface area contributed by atoms with Crippen LogP contribution in [-0.2, 0) is 6.54 Å². The topological polar surface area (TPSA) is 15.3 Å². The van der Waals surface area contributed by atoms with Gasteiger partial charge in [-0.3, -0.25) is 0 Å². The van der Waals surface area contributed by atoms with Gasteiger partial charge in [0.1, 0.15) is 0 Å². The number of nitrogens with one attached hydrogen (secondary N) is 1. The van der Waals surface area contributed by atoms with Crippen LogP contribution in [0.5, 0.6) is 0 Å². The van der Waals surface area contributed by atoms with Crippen LogP contribution in [0, 0.1) is 6.92 Å². The molecule has 1 N–H and O–H groups in total. The first-order chi connectivity index (χ1) is 7.09. The van der Waals surface area contributed by atoms with E-state index in [4.69, 9.17) is 0 Å². The average Bonchev–Trinajstić information content (AvgIpc) is 2.17. The maximum Gasteiger partial charge on any atom is 0.0206 e. The van der Waals surface area contributed by atoms with Gasteiger partial charge >= 0.3 is 0 Å². The molecule has 0 aliphatic rings. The van der Waals surface area contributed by atoms with E-state index in [1.54, 1.807) is 0 Å². The first kappa shape index (κ1) is 12.2. The van der Waals surface area contributed by atoms with Gasteiger partial charge < -0.3 is 10.2 Å². The van der Waals surface area contributed by atoms with Crippen LogP contribution < -0.4 is 5.32 Å². The Morgan fingerprint density at radius 2 is 2.07 bits per heavy atom. The lowest BCUT2D eigenvalue weighted by Crippen LogP contribution is -2.35. The highest BCUT2D eigenvalue weighted by Gasteiger charge is 2.02. The standard InChI is InChI=1S/C13H22N2/c1-11-6-5-7-13(8-11)10-14-9-12(2)15(3)4/h5-8,12,14H,9-10H2,1-4H3. The van der Waals surface area contributed by atoms with Gasteiger partial charge in [-0.05, 0) is 33.5 Å². The molecule has 1 atom stereocenters. The summed E-state index contributed by atoms with van der Waals surface area (Å²) in [6, 6.07) is 9.22. The fourth-order valence-corrected chi connectivity index (χ4v) is 1.43. The fraction of sp³-hybridized carbons (Fsp3) is 0.538. The molecular weight excluding hydrogens is 184 g/mol. The van der Waals surface area contributed by atoms with Crippen LogP contribution in [0.2, 0.25) is 0 Å². The molecule has 15 heavy (non-hydrogen) atoms. The third kappa shape index (κ3) is 4.45. The Bertz CT molecular complexity index is 294. The van der Waals surface area contributed by atoms with Crippen molar-refractivity contribution in [3.63, 3.8) is 0 Å². The molecule has 84 valence electrons. The van der Waals surface area contributed by atoms with Crippen LogP contribution >= 0.6 is 0 Å². The van der Waals surface area contributed by atoms with Crippen molar-refractivity contribution in [2.24, 2.45) is 0 Å². The molecule has 0 radical (unpaired) electrons. The number of aryl methyl sites for hydroxylation is 1. The van der Waals surface area contributed by atoms with E-state index in [2.05, 4.69) is 62.4 Å². The maximum absolute atomic E-state index is 3.47. The molecule has 1 rings (SSSR count). The highest BCUT2D eigenvalue weighted by Crippen LogP contribution is 2.03. The van der Waals surface area contributed by atoms with Gasteiger partial charge in [0.25, 0.3) is 0 Å². The van der Waals surface area contributed by atoms with Crippen molar-refractivity contribution in [2.45, 2.75) is 26.4 Å². The Kier molecular flexibility index (Phi) is 4.79. The summed E-state index contributed by atoms with van der Waals surface area (Å²) in [5, 5.41) is 3.47. The minimum atomic E-state index is 0.579. The summed E-state index contributed by atoms with van der Waals surface area (Å²) in [6.45, 7) is 6.34. The molecular formula is C13H22N2. The second-order valence-corrected chi connectivity index (χ2v) is 4.43. The van der Waals surface area contributed by atoms with Crippen molar-refractivity contribution in [1.29, 1.82) is 0 Å². The van der Waals surface area contributed by atoms with E-state index in [0.717, 1.165) is 13.1 Å². The quantitative estimate of drug-likeness (QED) is 0.793. The highest BCUT2D eigenvalue weighted by atomic mass is 15.1. The van der Waals surface area contributed by atoms with Crippen molar-refractivity contribution >= 4 is 0 Å². The number of rotatable bonds is 5. The minimum Gasteiger partial charge on any atom is -0.311 e. The Morgan fingerprint density at radius 1 is 1.33 bits per heavy atom. The molecule has 1 unspecified atom stereocenters. The Balaban J connectivity index is 2.32. The number of nitrogens with zero attached hydrogens (tertiary/aromatic N) is 1. The molecule has 1 aromatic carbocycles. The highest BCUT2D eigenvalue weighted by molar-refractivity contribution is 5.21. The average molecular weight is 206 g/mol. The van der Waals surface area contributed by atoms with Crippen LogP contribution in [0.1, 0.15) is 18.1 Å². The molecule has 0 heterocycles. The molecule has 0 aliphatic heterocycles. The van der Waals surface area contributed by atoms with E-state index >= 15 is 0 Å². The zero-order valence-electron chi connectivity index (χ0n) is 10.2. The van der Waals surface area contributed by atoms with E-state index in [9.17, 15) is 0 Å². The third-order valence-corrected chi connectivity index (χ3v) is 2.73. The maximum atomic E-state index is 3.47. The molecule has 0 bridgehead atoms. The van der Waals surface area contributed by atoms with Crippen molar-refractivity contribution in [2.75, 3.05) is 20.6 Å². The van der Waals surface area contributed by atoms with E-state index in [0.29, 0.717) is 6.04 Å². The predicted octanol–water partition coefficient (Wildman–Crippen LogP) is 2.03. The van der Waals surface area contributed by atoms with Crippen molar-refractivity contribution in [1.82, 2.24) is 10.2 Å². The number of benzene rings is 1. The van der Waals surface area contributed by atoms with Crippen molar-refractivity contribution in [3.8, 4) is 0 Å². The first-order valence-electron chi connectivity index (χ1n) is 5.52. The second-order valence-electron chi connectivity index (χ2n) is 4.43. The van der Waals surface area contributed by atoms with E-state index in [1.165, 1.54) is 11.1 Å². The summed E-state index contributed by atoms with van der Waals surface area (Å²) in [5.41, 5.74) is 2.69. The number of likely N-dealkylation sites (N-methyl/N-ethyl adjacent to an activating group) is 1. The van der Waals surface area contributed by atoms with Crippen LogP contribution in [-0.4, -0.2) is 31.6 Å². The lowest BCUT2D eigenvalue weighted by Gasteiger charge is -2.20. The summed E-state index contributed by atoms with van der Waals surface area (Å²) in [7, 11) is 4.22. The molecule has 2 heteroatoms. The normalized spacial score (nSPS) is 13.1. The largest absolute Gasteiger partial charge is 0.311 e. The van der Waals surface area contributed by atoms with E-state index < -0.39 is 0 Å². The molecule has 0 aromatic heterocycles. The summed E-state index contributed by atoms with van der Waals surface area (Å²) < 4.78 is 0. The van der Waals surface area contributed by atoms with E-state index in [-0.39, 0.29) is 0 Å².